The second-order valence-corrected chi connectivity index (χ2v) is 7.75. The first-order valence-electron chi connectivity index (χ1n) is 10.3. The molecule has 10 nitrogen and oxygen atoms in total. The highest BCUT2D eigenvalue weighted by Crippen LogP contribution is 2.26. The van der Waals surface area contributed by atoms with E-state index in [1.165, 1.54) is 0 Å². The zero-order valence-electron chi connectivity index (χ0n) is 17.8. The molecular formula is C21H26N8O2. The molecule has 0 spiro atoms. The Morgan fingerprint density at radius 2 is 2.00 bits per heavy atom. The topological polar surface area (TPSA) is 128 Å². The maximum absolute atomic E-state index is 12.0. The van der Waals surface area contributed by atoms with E-state index in [2.05, 4.69) is 35.9 Å². The summed E-state index contributed by atoms with van der Waals surface area (Å²) in [5, 5.41) is 20.2. The molecule has 0 saturated carbocycles. The number of aromatic nitrogens is 4. The van der Waals surface area contributed by atoms with Gasteiger partial charge in [-0.1, -0.05) is 0 Å². The van der Waals surface area contributed by atoms with Crippen molar-refractivity contribution in [3.8, 4) is 0 Å². The van der Waals surface area contributed by atoms with E-state index in [0.717, 1.165) is 17.6 Å². The van der Waals surface area contributed by atoms with Crippen LogP contribution in [0.5, 0.6) is 0 Å². The fourth-order valence-corrected chi connectivity index (χ4v) is 3.32. The number of hydrogen-bond acceptors (Lipinski definition) is 9. The smallest absolute Gasteiger partial charge is 0.241 e. The number of anilines is 4. The molecule has 4 rings (SSSR count). The van der Waals surface area contributed by atoms with Crippen LogP contribution in [0.3, 0.4) is 0 Å². The fourth-order valence-electron chi connectivity index (χ4n) is 3.32. The van der Waals surface area contributed by atoms with E-state index < -0.39 is 6.10 Å². The first-order valence-corrected chi connectivity index (χ1v) is 10.3. The molecule has 4 N–H and O–H groups in total. The summed E-state index contributed by atoms with van der Waals surface area (Å²) >= 11 is 0. The molecule has 1 atom stereocenters. The average Bonchev–Trinajstić information content (AvgIpc) is 2.74. The summed E-state index contributed by atoms with van der Waals surface area (Å²) < 4.78 is 0. The molecule has 1 fully saturated rings. The minimum atomic E-state index is -0.694. The van der Waals surface area contributed by atoms with Gasteiger partial charge in [0, 0.05) is 30.7 Å². The molecule has 3 aromatic heterocycles. The lowest BCUT2D eigenvalue weighted by molar-refractivity contribution is -0.118. The fraction of sp³-hybridized carbons (Fsp3) is 0.381. The summed E-state index contributed by atoms with van der Waals surface area (Å²) in [5.74, 6) is 1.57. The van der Waals surface area contributed by atoms with Gasteiger partial charge in [-0.25, -0.2) is 19.9 Å². The van der Waals surface area contributed by atoms with Crippen LogP contribution in [0, 0.1) is 0 Å². The van der Waals surface area contributed by atoms with E-state index in [0.29, 0.717) is 41.9 Å². The van der Waals surface area contributed by atoms with Gasteiger partial charge in [-0.05, 0) is 39.0 Å². The van der Waals surface area contributed by atoms with Crippen molar-refractivity contribution in [1.82, 2.24) is 25.3 Å². The number of aliphatic hydroxyl groups is 1. The normalized spacial score (nSPS) is 15.4. The number of aliphatic hydroxyl groups excluding tert-OH is 1. The maximum Gasteiger partial charge on any atom is 0.241 e. The van der Waals surface area contributed by atoms with Crippen LogP contribution in [0.15, 0.2) is 30.6 Å². The minimum Gasteiger partial charge on any atom is -0.387 e. The van der Waals surface area contributed by atoms with E-state index in [1.54, 1.807) is 36.4 Å². The maximum atomic E-state index is 12.0. The molecule has 10 heteroatoms. The standard InChI is InChI=1S/C21H26N8O2/c1-12(2)25-20-19-14(8-16(26-20)13(3)30)9-24-21(28-19)27-17-5-4-15(10-23-17)29-7-6-22-11-18(29)31/h4-5,8-10,12-13,22,30H,6-7,11H2,1-3H3,(H,25,26)(H,23,24,27,28). The second kappa shape index (κ2) is 8.78. The Morgan fingerprint density at radius 3 is 2.68 bits per heavy atom. The van der Waals surface area contributed by atoms with Crippen molar-refractivity contribution < 1.29 is 9.90 Å². The number of rotatable bonds is 6. The predicted molar refractivity (Wildman–Crippen MR) is 119 cm³/mol. The zero-order chi connectivity index (χ0) is 22.0. The third-order valence-corrected chi connectivity index (χ3v) is 4.83. The van der Waals surface area contributed by atoms with Crippen LogP contribution in [0.25, 0.3) is 10.9 Å². The SMILES string of the molecule is CC(C)Nc1nc(C(C)O)cc2cnc(Nc3ccc(N4CCNCC4=O)cn3)nc12. The van der Waals surface area contributed by atoms with Gasteiger partial charge < -0.3 is 26.0 Å². The van der Waals surface area contributed by atoms with Gasteiger partial charge in [0.15, 0.2) is 5.82 Å². The van der Waals surface area contributed by atoms with Gasteiger partial charge in [-0.2, -0.15) is 0 Å². The molecule has 1 saturated heterocycles. The van der Waals surface area contributed by atoms with Gasteiger partial charge >= 0.3 is 0 Å². The predicted octanol–water partition coefficient (Wildman–Crippen LogP) is 1.97. The van der Waals surface area contributed by atoms with Crippen molar-refractivity contribution in [3.63, 3.8) is 0 Å². The Balaban J connectivity index is 1.59. The number of nitrogens with one attached hydrogen (secondary N) is 3. The van der Waals surface area contributed by atoms with Crippen LogP contribution < -0.4 is 20.9 Å². The average molecular weight is 422 g/mol. The van der Waals surface area contributed by atoms with Gasteiger partial charge in [-0.3, -0.25) is 4.79 Å². The molecule has 31 heavy (non-hydrogen) atoms. The van der Waals surface area contributed by atoms with Crippen molar-refractivity contribution in [2.24, 2.45) is 0 Å². The van der Waals surface area contributed by atoms with E-state index in [9.17, 15) is 9.90 Å². The van der Waals surface area contributed by atoms with Gasteiger partial charge in [-0.15, -0.1) is 0 Å². The number of carbonyl (C=O) groups excluding carboxylic acids is 1. The van der Waals surface area contributed by atoms with Gasteiger partial charge in [0.1, 0.15) is 11.3 Å². The van der Waals surface area contributed by atoms with Crippen molar-refractivity contribution >= 4 is 40.1 Å². The van der Waals surface area contributed by atoms with Crippen molar-refractivity contribution in [1.29, 1.82) is 0 Å². The van der Waals surface area contributed by atoms with Crippen LogP contribution >= 0.6 is 0 Å². The zero-order valence-corrected chi connectivity index (χ0v) is 17.8. The lowest BCUT2D eigenvalue weighted by atomic mass is 10.2. The molecule has 1 aliphatic rings. The van der Waals surface area contributed by atoms with Crippen LogP contribution in [-0.2, 0) is 4.79 Å². The Labute approximate surface area is 180 Å². The highest BCUT2D eigenvalue weighted by molar-refractivity contribution is 5.95. The number of nitrogens with zero attached hydrogens (tertiary/aromatic N) is 5. The number of amides is 1. The third-order valence-electron chi connectivity index (χ3n) is 4.83. The van der Waals surface area contributed by atoms with Gasteiger partial charge in [0.25, 0.3) is 0 Å². The number of carbonyl (C=O) groups is 1. The summed E-state index contributed by atoms with van der Waals surface area (Å²) in [6.45, 7) is 7.41. The summed E-state index contributed by atoms with van der Waals surface area (Å²) in [7, 11) is 0. The number of fused-ring (bicyclic) bond motifs is 1. The van der Waals surface area contributed by atoms with E-state index in [4.69, 9.17) is 0 Å². The molecule has 4 heterocycles. The van der Waals surface area contributed by atoms with Crippen LogP contribution in [0.2, 0.25) is 0 Å². The van der Waals surface area contributed by atoms with Gasteiger partial charge in [0.05, 0.1) is 30.2 Å². The molecule has 1 unspecified atom stereocenters. The minimum absolute atomic E-state index is 0.0286. The number of piperazine rings is 1. The summed E-state index contributed by atoms with van der Waals surface area (Å²) in [5.41, 5.74) is 1.97. The second-order valence-electron chi connectivity index (χ2n) is 7.75. The van der Waals surface area contributed by atoms with Crippen LogP contribution in [0.1, 0.15) is 32.6 Å². The highest BCUT2D eigenvalue weighted by Gasteiger charge is 2.19. The van der Waals surface area contributed by atoms with E-state index >= 15 is 0 Å². The van der Waals surface area contributed by atoms with Gasteiger partial charge in [0.2, 0.25) is 11.9 Å². The monoisotopic (exact) mass is 422 g/mol. The molecule has 0 aromatic carbocycles. The molecule has 0 radical (unpaired) electrons. The number of hydrogen-bond donors (Lipinski definition) is 4. The van der Waals surface area contributed by atoms with Crippen molar-refractivity contribution in [2.75, 3.05) is 35.2 Å². The summed E-state index contributed by atoms with van der Waals surface area (Å²) in [4.78, 5) is 31.7. The summed E-state index contributed by atoms with van der Waals surface area (Å²) in [6.07, 6.45) is 2.66. The first kappa shape index (κ1) is 20.9. The molecule has 1 amide bonds. The van der Waals surface area contributed by atoms with E-state index in [-0.39, 0.29) is 11.9 Å². The molecule has 0 aliphatic carbocycles. The van der Waals surface area contributed by atoms with Crippen molar-refractivity contribution in [2.45, 2.75) is 32.9 Å². The Bertz CT molecular complexity index is 1080. The van der Waals surface area contributed by atoms with Crippen molar-refractivity contribution in [3.05, 3.63) is 36.3 Å². The Kier molecular flexibility index (Phi) is 5.92. The highest BCUT2D eigenvalue weighted by atomic mass is 16.3. The lowest BCUT2D eigenvalue weighted by Crippen LogP contribution is -2.48. The first-order chi connectivity index (χ1) is 14.9. The Hall–Kier alpha value is -3.37. The molecule has 0 bridgehead atoms. The third kappa shape index (κ3) is 4.70. The lowest BCUT2D eigenvalue weighted by Gasteiger charge is -2.27. The number of pyridine rings is 2. The molecule has 1 aliphatic heterocycles. The van der Waals surface area contributed by atoms with Crippen LogP contribution in [-0.4, -0.2) is 56.6 Å². The quantitative estimate of drug-likeness (QED) is 0.471. The van der Waals surface area contributed by atoms with Crippen LogP contribution in [0.4, 0.5) is 23.3 Å². The largest absolute Gasteiger partial charge is 0.387 e. The molecule has 162 valence electrons. The summed E-state index contributed by atoms with van der Waals surface area (Å²) in [6, 6.07) is 5.57. The molecular weight excluding hydrogens is 396 g/mol. The molecule has 3 aromatic rings. The van der Waals surface area contributed by atoms with E-state index in [1.807, 2.05) is 19.9 Å². The Morgan fingerprint density at radius 1 is 1.16 bits per heavy atom.